The highest BCUT2D eigenvalue weighted by Gasteiger charge is 2.06. The smallest absolute Gasteiger partial charge is 0.224 e. The number of nitrogens with zero attached hydrogens (tertiary/aromatic N) is 1. The van der Waals surface area contributed by atoms with E-state index in [1.165, 1.54) is 0 Å². The molecule has 1 amide bonds. The van der Waals surface area contributed by atoms with Crippen molar-refractivity contribution in [1.29, 1.82) is 5.26 Å². The van der Waals surface area contributed by atoms with Crippen LogP contribution in [-0.4, -0.2) is 11.7 Å². The molecule has 1 aromatic carbocycles. The highest BCUT2D eigenvalue weighted by molar-refractivity contribution is 7.98. The van der Waals surface area contributed by atoms with E-state index >= 15 is 0 Å². The molecule has 0 aliphatic heterocycles. The highest BCUT2D eigenvalue weighted by atomic mass is 32.2. The molecule has 1 N–H and O–H groups in total. The van der Waals surface area contributed by atoms with Crippen LogP contribution < -0.4 is 5.32 Å². The molecule has 21 heavy (non-hydrogen) atoms. The van der Waals surface area contributed by atoms with Gasteiger partial charge in [0.05, 0.1) is 23.3 Å². The number of hydrogen-bond donors (Lipinski definition) is 1. The summed E-state index contributed by atoms with van der Waals surface area (Å²) in [6.07, 6.45) is 2.91. The molecule has 1 heterocycles. The van der Waals surface area contributed by atoms with E-state index in [1.807, 2.05) is 12.1 Å². The Kier molecular flexibility index (Phi) is 5.92. The maximum absolute atomic E-state index is 11.8. The first kappa shape index (κ1) is 15.2. The molecule has 0 radical (unpaired) electrons. The van der Waals surface area contributed by atoms with Gasteiger partial charge in [0.25, 0.3) is 0 Å². The molecule has 0 fully saturated rings. The van der Waals surface area contributed by atoms with Crippen molar-refractivity contribution in [3.63, 3.8) is 0 Å². The Bertz CT molecular complexity index is 617. The van der Waals surface area contributed by atoms with Crippen LogP contribution in [0.4, 0.5) is 5.69 Å². The Labute approximate surface area is 128 Å². The monoisotopic (exact) mass is 300 g/mol. The van der Waals surface area contributed by atoms with Crippen molar-refractivity contribution in [2.75, 3.05) is 11.1 Å². The van der Waals surface area contributed by atoms with Crippen molar-refractivity contribution >= 4 is 23.4 Å². The summed E-state index contributed by atoms with van der Waals surface area (Å²) in [5, 5.41) is 11.7. The van der Waals surface area contributed by atoms with Crippen LogP contribution in [0.25, 0.3) is 0 Å². The summed E-state index contributed by atoms with van der Waals surface area (Å²) in [6, 6.07) is 12.9. The maximum Gasteiger partial charge on any atom is 0.224 e. The summed E-state index contributed by atoms with van der Waals surface area (Å²) in [5.41, 5.74) is 1.06. The minimum Gasteiger partial charge on any atom is -0.468 e. The molecule has 4 nitrogen and oxygen atoms in total. The standard InChI is InChI=1S/C16H16N2O2S/c17-11-13-5-1-2-7-15(13)18-16(19)8-4-10-21-12-14-6-3-9-20-14/h1-3,5-7,9H,4,8,10,12H2,(H,18,19). The van der Waals surface area contributed by atoms with Gasteiger partial charge in [0, 0.05) is 6.42 Å². The van der Waals surface area contributed by atoms with Gasteiger partial charge >= 0.3 is 0 Å². The van der Waals surface area contributed by atoms with E-state index in [4.69, 9.17) is 9.68 Å². The number of anilines is 1. The van der Waals surface area contributed by atoms with Gasteiger partial charge in [-0.25, -0.2) is 0 Å². The number of nitrogens with one attached hydrogen (secondary N) is 1. The number of amides is 1. The Morgan fingerprint density at radius 1 is 1.29 bits per heavy atom. The first-order chi connectivity index (χ1) is 10.3. The van der Waals surface area contributed by atoms with Gasteiger partial charge < -0.3 is 9.73 Å². The summed E-state index contributed by atoms with van der Waals surface area (Å²) >= 11 is 1.74. The van der Waals surface area contributed by atoms with Crippen LogP contribution in [0.5, 0.6) is 0 Å². The van der Waals surface area contributed by atoms with Crippen LogP contribution in [0.2, 0.25) is 0 Å². The largest absolute Gasteiger partial charge is 0.468 e. The summed E-state index contributed by atoms with van der Waals surface area (Å²) in [4.78, 5) is 11.8. The molecule has 0 saturated carbocycles. The second kappa shape index (κ2) is 8.18. The second-order valence-electron chi connectivity index (χ2n) is 4.44. The number of carbonyl (C=O) groups excluding carboxylic acids is 1. The minimum atomic E-state index is -0.0590. The lowest BCUT2D eigenvalue weighted by molar-refractivity contribution is -0.116. The number of carbonyl (C=O) groups is 1. The van der Waals surface area contributed by atoms with Crippen molar-refractivity contribution in [2.45, 2.75) is 18.6 Å². The molecule has 2 rings (SSSR count). The summed E-state index contributed by atoms with van der Waals surface area (Å²) in [6.45, 7) is 0. The van der Waals surface area contributed by atoms with Gasteiger partial charge in [-0.15, -0.1) is 0 Å². The van der Waals surface area contributed by atoms with Gasteiger partial charge in [-0.2, -0.15) is 17.0 Å². The zero-order chi connectivity index (χ0) is 14.9. The Morgan fingerprint density at radius 2 is 2.14 bits per heavy atom. The molecule has 108 valence electrons. The van der Waals surface area contributed by atoms with Crippen LogP contribution in [0.3, 0.4) is 0 Å². The van der Waals surface area contributed by atoms with E-state index < -0.39 is 0 Å². The predicted octanol–water partition coefficient (Wildman–Crippen LogP) is 3.80. The zero-order valence-corrected chi connectivity index (χ0v) is 12.4. The summed E-state index contributed by atoms with van der Waals surface area (Å²) in [7, 11) is 0. The molecule has 0 saturated heterocycles. The van der Waals surface area contributed by atoms with Crippen LogP contribution in [0.15, 0.2) is 47.1 Å². The van der Waals surface area contributed by atoms with E-state index in [0.717, 1.165) is 23.7 Å². The van der Waals surface area contributed by atoms with E-state index in [0.29, 0.717) is 17.7 Å². The third-order valence-corrected chi connectivity index (χ3v) is 3.90. The maximum atomic E-state index is 11.8. The molecule has 0 bridgehead atoms. The predicted molar refractivity (Wildman–Crippen MR) is 83.9 cm³/mol. The van der Waals surface area contributed by atoms with E-state index in [1.54, 1.807) is 42.3 Å². The number of hydrogen-bond acceptors (Lipinski definition) is 4. The second-order valence-corrected chi connectivity index (χ2v) is 5.55. The van der Waals surface area contributed by atoms with Gasteiger partial charge in [-0.05, 0) is 36.4 Å². The van der Waals surface area contributed by atoms with E-state index in [9.17, 15) is 4.79 Å². The minimum absolute atomic E-state index is 0.0590. The fourth-order valence-corrected chi connectivity index (χ4v) is 2.66. The molecule has 1 aromatic heterocycles. The third kappa shape index (κ3) is 5.01. The van der Waals surface area contributed by atoms with Crippen molar-refractivity contribution in [2.24, 2.45) is 0 Å². The average molecular weight is 300 g/mol. The fourth-order valence-electron chi connectivity index (χ4n) is 1.80. The molecule has 0 spiro atoms. The third-order valence-electron chi connectivity index (χ3n) is 2.84. The molecule has 0 aliphatic carbocycles. The molecular formula is C16H16N2O2S. The number of thioether (sulfide) groups is 1. The number of benzene rings is 1. The van der Waals surface area contributed by atoms with Crippen molar-refractivity contribution in [3.05, 3.63) is 54.0 Å². The van der Waals surface area contributed by atoms with Crippen LogP contribution >= 0.6 is 11.8 Å². The van der Waals surface area contributed by atoms with Crippen LogP contribution in [0.1, 0.15) is 24.2 Å². The van der Waals surface area contributed by atoms with Gasteiger partial charge in [0.1, 0.15) is 11.8 Å². The quantitative estimate of drug-likeness (QED) is 0.790. The van der Waals surface area contributed by atoms with Crippen molar-refractivity contribution in [1.82, 2.24) is 0 Å². The molecule has 5 heteroatoms. The lowest BCUT2D eigenvalue weighted by Crippen LogP contribution is -2.12. The van der Waals surface area contributed by atoms with Gasteiger partial charge in [-0.3, -0.25) is 4.79 Å². The molecule has 2 aromatic rings. The van der Waals surface area contributed by atoms with E-state index in [-0.39, 0.29) is 5.91 Å². The van der Waals surface area contributed by atoms with Gasteiger partial charge in [0.15, 0.2) is 0 Å². The Balaban J connectivity index is 1.67. The average Bonchev–Trinajstić information content (AvgIpc) is 3.01. The number of para-hydroxylation sites is 1. The SMILES string of the molecule is N#Cc1ccccc1NC(=O)CCCSCc1ccco1. The number of rotatable bonds is 7. The number of nitriles is 1. The number of furan rings is 1. The van der Waals surface area contributed by atoms with Gasteiger partial charge in [-0.1, -0.05) is 12.1 Å². The first-order valence-electron chi connectivity index (χ1n) is 6.68. The van der Waals surface area contributed by atoms with Crippen LogP contribution in [-0.2, 0) is 10.5 Å². The molecular weight excluding hydrogens is 284 g/mol. The molecule has 0 aliphatic rings. The van der Waals surface area contributed by atoms with Crippen molar-refractivity contribution in [3.8, 4) is 6.07 Å². The van der Waals surface area contributed by atoms with Gasteiger partial charge in [0.2, 0.25) is 5.91 Å². The summed E-state index contributed by atoms with van der Waals surface area (Å²) < 4.78 is 5.23. The van der Waals surface area contributed by atoms with E-state index in [2.05, 4.69) is 11.4 Å². The lowest BCUT2D eigenvalue weighted by atomic mass is 10.2. The Morgan fingerprint density at radius 3 is 2.90 bits per heavy atom. The topological polar surface area (TPSA) is 66.0 Å². The fraction of sp³-hybridized carbons (Fsp3) is 0.250. The lowest BCUT2D eigenvalue weighted by Gasteiger charge is -2.06. The molecule has 0 unspecified atom stereocenters. The molecule has 0 atom stereocenters. The zero-order valence-electron chi connectivity index (χ0n) is 11.5. The highest BCUT2D eigenvalue weighted by Crippen LogP contribution is 2.16. The Hall–Kier alpha value is -2.19. The van der Waals surface area contributed by atoms with Crippen LogP contribution in [0, 0.1) is 11.3 Å². The van der Waals surface area contributed by atoms with Crippen molar-refractivity contribution < 1.29 is 9.21 Å². The first-order valence-corrected chi connectivity index (χ1v) is 7.84. The summed E-state index contributed by atoms with van der Waals surface area (Å²) in [5.74, 6) is 2.61. The normalized spacial score (nSPS) is 10.0.